The molecule has 5 heteroatoms. The van der Waals surface area contributed by atoms with Gasteiger partial charge in [-0.25, -0.2) is 0 Å². The minimum atomic E-state index is -1.29. The molecule has 0 aliphatic carbocycles. The summed E-state index contributed by atoms with van der Waals surface area (Å²) in [6, 6.07) is 4.85. The van der Waals surface area contributed by atoms with Crippen LogP contribution >= 0.6 is 0 Å². The predicted molar refractivity (Wildman–Crippen MR) is 48.3 cm³/mol. The van der Waals surface area contributed by atoms with Crippen molar-refractivity contribution in [3.63, 3.8) is 0 Å². The molecular weight excluding hydrogens is 194 g/mol. The molecule has 14 heavy (non-hydrogen) atoms. The van der Waals surface area contributed by atoms with Crippen LogP contribution in [0.4, 0.5) is 0 Å². The van der Waals surface area contributed by atoms with Crippen molar-refractivity contribution in [2.75, 3.05) is 0 Å². The monoisotopic (exact) mass is 203 g/mol. The average molecular weight is 203 g/mol. The second-order valence-corrected chi connectivity index (χ2v) is 2.77. The molecule has 0 aliphatic rings. The maximum absolute atomic E-state index is 10.7. The fourth-order valence-corrected chi connectivity index (χ4v) is 0.963. The molecule has 0 spiro atoms. The van der Waals surface area contributed by atoms with Crippen LogP contribution in [0.15, 0.2) is 24.3 Å². The standard InChI is InChI=1S/C9H11NO3.Mg/c10-8(9(12)13)5-6-1-3-7(11)4-2-6;/h1-4,8,11H,5,10H2,(H,12,13);/q;+2/p-2. The number of carbonyl (C=O) groups excluding carboxylic acids is 1. The Hall–Kier alpha value is -0.784. The van der Waals surface area contributed by atoms with Gasteiger partial charge in [-0.1, -0.05) is 24.3 Å². The largest absolute Gasteiger partial charge is 2.00 e. The molecule has 0 saturated heterocycles. The summed E-state index contributed by atoms with van der Waals surface area (Å²) < 4.78 is 0. The van der Waals surface area contributed by atoms with E-state index in [0.29, 0.717) is 0 Å². The molecule has 4 nitrogen and oxygen atoms in total. The van der Waals surface area contributed by atoms with E-state index in [0.717, 1.165) is 5.56 Å². The van der Waals surface area contributed by atoms with E-state index in [-0.39, 0.29) is 35.2 Å². The van der Waals surface area contributed by atoms with E-state index in [1.165, 1.54) is 12.1 Å². The summed E-state index contributed by atoms with van der Waals surface area (Å²) in [6.07, 6.45) is 0.183. The Labute approximate surface area is 97.9 Å². The normalized spacial score (nSPS) is 11.5. The zero-order valence-electron chi connectivity index (χ0n) is 7.60. The minimum absolute atomic E-state index is 0. The van der Waals surface area contributed by atoms with Crippen molar-refractivity contribution in [1.82, 2.24) is 0 Å². The van der Waals surface area contributed by atoms with Crippen LogP contribution in [0.1, 0.15) is 5.56 Å². The van der Waals surface area contributed by atoms with Crippen molar-refractivity contribution in [3.8, 4) is 5.75 Å². The van der Waals surface area contributed by atoms with Crippen LogP contribution in [0.3, 0.4) is 0 Å². The third-order valence-electron chi connectivity index (χ3n) is 1.68. The summed E-state index contributed by atoms with van der Waals surface area (Å²) in [5.41, 5.74) is 5.97. The minimum Gasteiger partial charge on any atom is -0.872 e. The number of hydrogen-bond donors (Lipinski definition) is 1. The average Bonchev–Trinajstić information content (AvgIpc) is 2.08. The van der Waals surface area contributed by atoms with E-state index in [2.05, 4.69) is 0 Å². The summed E-state index contributed by atoms with van der Waals surface area (Å²) in [5, 5.41) is 21.0. The van der Waals surface area contributed by atoms with Gasteiger partial charge in [0.1, 0.15) is 0 Å². The van der Waals surface area contributed by atoms with Gasteiger partial charge >= 0.3 is 23.1 Å². The van der Waals surface area contributed by atoms with E-state index in [4.69, 9.17) is 5.73 Å². The first kappa shape index (κ1) is 13.2. The SMILES string of the molecule is NC(Cc1ccc([O-])cc1)C(=O)[O-].[Mg+2]. The molecule has 0 amide bonds. The smallest absolute Gasteiger partial charge is 0.872 e. The molecule has 0 fully saturated rings. The van der Waals surface area contributed by atoms with E-state index in [1.54, 1.807) is 12.1 Å². The van der Waals surface area contributed by atoms with E-state index < -0.39 is 12.0 Å². The first-order valence-electron chi connectivity index (χ1n) is 3.82. The van der Waals surface area contributed by atoms with Crippen molar-refractivity contribution in [1.29, 1.82) is 0 Å². The zero-order valence-corrected chi connectivity index (χ0v) is 9.02. The summed E-state index contributed by atoms with van der Waals surface area (Å²) in [5.74, 6) is -1.39. The molecule has 0 bridgehead atoms. The maximum atomic E-state index is 10.7. The van der Waals surface area contributed by atoms with Gasteiger partial charge in [0.2, 0.25) is 0 Å². The number of hydrogen-bond acceptors (Lipinski definition) is 4. The summed E-state index contributed by atoms with van der Waals surface area (Å²) in [6.45, 7) is 0. The maximum Gasteiger partial charge on any atom is 2.00 e. The van der Waals surface area contributed by atoms with E-state index in [9.17, 15) is 15.0 Å². The van der Waals surface area contributed by atoms with E-state index >= 15 is 0 Å². The third kappa shape index (κ3) is 3.95. The second kappa shape index (κ2) is 5.84. The number of carbonyl (C=O) groups is 1. The molecule has 0 aromatic heterocycles. The quantitative estimate of drug-likeness (QED) is 0.576. The Morgan fingerprint density at radius 2 is 1.86 bits per heavy atom. The fourth-order valence-electron chi connectivity index (χ4n) is 0.963. The van der Waals surface area contributed by atoms with Crippen molar-refractivity contribution >= 4 is 29.0 Å². The molecule has 0 heterocycles. The molecule has 0 radical (unpaired) electrons. The Balaban J connectivity index is 0.00000169. The van der Waals surface area contributed by atoms with Gasteiger partial charge in [0, 0.05) is 6.04 Å². The van der Waals surface area contributed by atoms with Crippen LogP contribution in [-0.4, -0.2) is 35.1 Å². The van der Waals surface area contributed by atoms with Gasteiger partial charge in [-0.2, -0.15) is 0 Å². The van der Waals surface area contributed by atoms with E-state index in [1.807, 2.05) is 0 Å². The molecule has 1 rings (SSSR count). The molecule has 0 saturated carbocycles. The van der Waals surface area contributed by atoms with Gasteiger partial charge in [-0.05, 0) is 12.0 Å². The van der Waals surface area contributed by atoms with Crippen LogP contribution in [-0.2, 0) is 11.2 Å². The topological polar surface area (TPSA) is 89.2 Å². The van der Waals surface area contributed by atoms with Crippen molar-refractivity contribution in [3.05, 3.63) is 29.8 Å². The van der Waals surface area contributed by atoms with Gasteiger partial charge in [-0.3, -0.25) is 0 Å². The van der Waals surface area contributed by atoms with Crippen molar-refractivity contribution in [2.45, 2.75) is 12.5 Å². The van der Waals surface area contributed by atoms with Crippen LogP contribution in [0, 0.1) is 0 Å². The first-order valence-corrected chi connectivity index (χ1v) is 3.82. The third-order valence-corrected chi connectivity index (χ3v) is 1.68. The molecule has 1 unspecified atom stereocenters. The Bertz CT molecular complexity index is 299. The molecule has 1 aromatic rings. The van der Waals surface area contributed by atoms with Crippen molar-refractivity contribution in [2.24, 2.45) is 5.73 Å². The zero-order chi connectivity index (χ0) is 9.84. The summed E-state index contributed by atoms with van der Waals surface area (Å²) in [4.78, 5) is 10.3. The summed E-state index contributed by atoms with van der Waals surface area (Å²) >= 11 is 0. The summed E-state index contributed by atoms with van der Waals surface area (Å²) in [7, 11) is 0. The van der Waals surface area contributed by atoms with Gasteiger partial charge in [0.05, 0.1) is 5.97 Å². The molecule has 70 valence electrons. The molecular formula is C9H9MgNO3. The molecule has 1 aromatic carbocycles. The second-order valence-electron chi connectivity index (χ2n) is 2.77. The number of benzene rings is 1. The molecule has 1 atom stereocenters. The van der Waals surface area contributed by atoms with Gasteiger partial charge in [0.15, 0.2) is 0 Å². The first-order chi connectivity index (χ1) is 6.09. The van der Waals surface area contributed by atoms with Gasteiger partial charge in [-0.15, -0.1) is 5.75 Å². The predicted octanol–water partition coefficient (Wildman–Crippen LogP) is -2.00. The Morgan fingerprint density at radius 3 is 2.29 bits per heavy atom. The van der Waals surface area contributed by atoms with Crippen LogP contribution < -0.4 is 15.9 Å². The Morgan fingerprint density at radius 1 is 1.36 bits per heavy atom. The van der Waals surface area contributed by atoms with Crippen molar-refractivity contribution < 1.29 is 15.0 Å². The molecule has 2 N–H and O–H groups in total. The van der Waals surface area contributed by atoms with Crippen LogP contribution in [0.2, 0.25) is 0 Å². The molecule has 0 aliphatic heterocycles. The van der Waals surface area contributed by atoms with Crippen LogP contribution in [0.25, 0.3) is 0 Å². The van der Waals surface area contributed by atoms with Crippen LogP contribution in [0.5, 0.6) is 5.75 Å². The number of carboxylic acid groups (broad SMARTS) is 1. The number of nitrogens with two attached hydrogens (primary N) is 1. The number of carboxylic acids is 1. The number of rotatable bonds is 3. The number of aliphatic carboxylic acids is 1. The fraction of sp³-hybridized carbons (Fsp3) is 0.222. The van der Waals surface area contributed by atoms with Gasteiger partial charge in [0.25, 0.3) is 0 Å². The van der Waals surface area contributed by atoms with Gasteiger partial charge < -0.3 is 20.7 Å². The Kier molecular flexibility index (Phi) is 5.52.